The van der Waals surface area contributed by atoms with E-state index < -0.39 is 0 Å². The summed E-state index contributed by atoms with van der Waals surface area (Å²) in [5.41, 5.74) is 6.20. The number of aromatic nitrogens is 3. The quantitative estimate of drug-likeness (QED) is 0.869. The minimum atomic E-state index is -0.264. The summed E-state index contributed by atoms with van der Waals surface area (Å²) in [6.45, 7) is 4.55. The van der Waals surface area contributed by atoms with Crippen LogP contribution in [0.15, 0.2) is 28.9 Å². The van der Waals surface area contributed by atoms with Crippen LogP contribution >= 0.6 is 0 Å². The second-order valence-electron chi connectivity index (χ2n) is 4.26. The number of rotatable bonds is 4. The highest BCUT2D eigenvalue weighted by molar-refractivity contribution is 5.47. The minimum absolute atomic E-state index is 0.264. The van der Waals surface area contributed by atoms with Crippen molar-refractivity contribution in [3.8, 4) is 11.5 Å². The molecule has 0 amide bonds. The van der Waals surface area contributed by atoms with E-state index in [9.17, 15) is 0 Å². The van der Waals surface area contributed by atoms with Crippen LogP contribution in [0.3, 0.4) is 0 Å². The lowest BCUT2D eigenvalue weighted by molar-refractivity contribution is 0.291. The first kappa shape index (κ1) is 11.7. The van der Waals surface area contributed by atoms with Crippen LogP contribution in [0.2, 0.25) is 0 Å². The van der Waals surface area contributed by atoms with Gasteiger partial charge < -0.3 is 10.3 Å². The fourth-order valence-electron chi connectivity index (χ4n) is 1.45. The summed E-state index contributed by atoms with van der Waals surface area (Å²) in [7, 11) is 0. The summed E-state index contributed by atoms with van der Waals surface area (Å²) in [5.74, 6) is 1.08. The van der Waals surface area contributed by atoms with Crippen molar-refractivity contribution in [1.29, 1.82) is 0 Å². The molecule has 0 bridgehead atoms. The van der Waals surface area contributed by atoms with Crippen molar-refractivity contribution in [3.05, 3.63) is 30.3 Å². The topological polar surface area (TPSA) is 77.8 Å². The molecule has 0 fully saturated rings. The Balaban J connectivity index is 2.34. The molecule has 0 aliphatic heterocycles. The lowest BCUT2D eigenvalue weighted by Gasteiger charge is -2.20. The minimum Gasteiger partial charge on any atom is -0.338 e. The van der Waals surface area contributed by atoms with Crippen LogP contribution in [0.1, 0.15) is 26.2 Å². The number of nitrogens with two attached hydrogens (primary N) is 1. The van der Waals surface area contributed by atoms with Crippen LogP contribution in [0.4, 0.5) is 0 Å². The average Bonchev–Trinajstić information content (AvgIpc) is 2.89. The Morgan fingerprint density at radius 1 is 1.41 bits per heavy atom. The van der Waals surface area contributed by atoms with E-state index in [1.54, 1.807) is 6.20 Å². The first-order valence-corrected chi connectivity index (χ1v) is 5.65. The second-order valence-corrected chi connectivity index (χ2v) is 4.26. The van der Waals surface area contributed by atoms with Crippen molar-refractivity contribution in [2.75, 3.05) is 6.54 Å². The maximum atomic E-state index is 5.75. The Hall–Kier alpha value is -1.75. The molecule has 5 heteroatoms. The number of pyridine rings is 1. The maximum absolute atomic E-state index is 5.75. The van der Waals surface area contributed by atoms with Crippen LogP contribution in [-0.4, -0.2) is 21.7 Å². The molecule has 0 saturated heterocycles. The lowest BCUT2D eigenvalue weighted by atomic mass is 9.88. The number of hydrogen-bond donors (Lipinski definition) is 1. The van der Waals surface area contributed by atoms with Crippen LogP contribution in [0.5, 0.6) is 0 Å². The normalized spacial score (nSPS) is 14.5. The van der Waals surface area contributed by atoms with Gasteiger partial charge in [0.05, 0.1) is 5.41 Å². The summed E-state index contributed by atoms with van der Waals surface area (Å²) in [6.07, 6.45) is 2.56. The molecule has 2 aromatic heterocycles. The van der Waals surface area contributed by atoms with Crippen molar-refractivity contribution < 1.29 is 4.52 Å². The molecule has 0 spiro atoms. The Bertz CT molecular complexity index is 476. The van der Waals surface area contributed by atoms with Crippen LogP contribution in [-0.2, 0) is 5.41 Å². The van der Waals surface area contributed by atoms with Crippen molar-refractivity contribution in [1.82, 2.24) is 15.1 Å². The molecular formula is C12H16N4O. The zero-order valence-electron chi connectivity index (χ0n) is 10.1. The van der Waals surface area contributed by atoms with Crippen molar-refractivity contribution in [2.45, 2.75) is 25.7 Å². The summed E-state index contributed by atoms with van der Waals surface area (Å²) >= 11 is 0. The summed E-state index contributed by atoms with van der Waals surface area (Å²) < 4.78 is 5.28. The van der Waals surface area contributed by atoms with Crippen molar-refractivity contribution in [2.24, 2.45) is 5.73 Å². The summed E-state index contributed by atoms with van der Waals surface area (Å²) in [5, 5.41) is 3.94. The molecule has 0 saturated carbocycles. The van der Waals surface area contributed by atoms with Crippen LogP contribution in [0, 0.1) is 0 Å². The van der Waals surface area contributed by atoms with Gasteiger partial charge in [-0.2, -0.15) is 4.98 Å². The molecule has 1 atom stereocenters. The summed E-state index contributed by atoms with van der Waals surface area (Å²) in [6, 6.07) is 5.58. The Kier molecular flexibility index (Phi) is 3.19. The molecule has 2 aromatic rings. The predicted octanol–water partition coefficient (Wildman–Crippen LogP) is 1.76. The SMILES string of the molecule is CCC(C)(CN)c1nc(-c2ccccn2)no1. The van der Waals surface area contributed by atoms with Crippen LogP contribution < -0.4 is 5.73 Å². The van der Waals surface area contributed by atoms with Gasteiger partial charge in [0.2, 0.25) is 11.7 Å². The highest BCUT2D eigenvalue weighted by Crippen LogP contribution is 2.26. The van der Waals surface area contributed by atoms with E-state index in [4.69, 9.17) is 10.3 Å². The Morgan fingerprint density at radius 3 is 2.82 bits per heavy atom. The highest BCUT2D eigenvalue weighted by Gasteiger charge is 2.29. The van der Waals surface area contributed by atoms with E-state index >= 15 is 0 Å². The summed E-state index contributed by atoms with van der Waals surface area (Å²) in [4.78, 5) is 8.55. The maximum Gasteiger partial charge on any atom is 0.234 e. The zero-order chi connectivity index (χ0) is 12.3. The molecule has 2 heterocycles. The van der Waals surface area contributed by atoms with Crippen LogP contribution in [0.25, 0.3) is 11.5 Å². The molecule has 1 unspecified atom stereocenters. The second kappa shape index (κ2) is 4.63. The van der Waals surface area contributed by atoms with Gasteiger partial charge in [-0.05, 0) is 25.5 Å². The molecule has 2 N–H and O–H groups in total. The molecule has 2 rings (SSSR count). The molecule has 17 heavy (non-hydrogen) atoms. The lowest BCUT2D eigenvalue weighted by Crippen LogP contribution is -2.31. The van der Waals surface area contributed by atoms with Gasteiger partial charge in [0.15, 0.2) is 0 Å². The third-order valence-electron chi connectivity index (χ3n) is 3.07. The average molecular weight is 232 g/mol. The molecule has 0 radical (unpaired) electrons. The van der Waals surface area contributed by atoms with Gasteiger partial charge in [-0.15, -0.1) is 0 Å². The molecular weight excluding hydrogens is 216 g/mol. The predicted molar refractivity (Wildman–Crippen MR) is 64.2 cm³/mol. The fourth-order valence-corrected chi connectivity index (χ4v) is 1.45. The van der Waals surface area contributed by atoms with Gasteiger partial charge in [0.1, 0.15) is 5.69 Å². The molecule has 0 aliphatic rings. The van der Waals surface area contributed by atoms with Crippen molar-refractivity contribution >= 4 is 0 Å². The van der Waals surface area contributed by atoms with E-state index in [1.807, 2.05) is 25.1 Å². The van der Waals surface area contributed by atoms with Crippen molar-refractivity contribution in [3.63, 3.8) is 0 Å². The smallest absolute Gasteiger partial charge is 0.234 e. The van der Waals surface area contributed by atoms with Gasteiger partial charge in [-0.3, -0.25) is 4.98 Å². The third-order valence-corrected chi connectivity index (χ3v) is 3.07. The number of hydrogen-bond acceptors (Lipinski definition) is 5. The largest absolute Gasteiger partial charge is 0.338 e. The van der Waals surface area contributed by atoms with Gasteiger partial charge >= 0.3 is 0 Å². The monoisotopic (exact) mass is 232 g/mol. The number of nitrogens with zero attached hydrogens (tertiary/aromatic N) is 3. The highest BCUT2D eigenvalue weighted by atomic mass is 16.5. The first-order valence-electron chi connectivity index (χ1n) is 5.65. The Labute approximate surface area is 100 Å². The standard InChI is InChI=1S/C12H16N4O/c1-3-12(2,8-13)11-15-10(16-17-11)9-6-4-5-7-14-9/h4-7H,3,8,13H2,1-2H3. The van der Waals surface area contributed by atoms with E-state index in [0.29, 0.717) is 24.0 Å². The first-order chi connectivity index (χ1) is 8.19. The van der Waals surface area contributed by atoms with Gasteiger partial charge in [-0.25, -0.2) is 0 Å². The Morgan fingerprint density at radius 2 is 2.24 bits per heavy atom. The van der Waals surface area contributed by atoms with Gasteiger partial charge in [-0.1, -0.05) is 18.1 Å². The molecule has 0 aliphatic carbocycles. The van der Waals surface area contributed by atoms with Gasteiger partial charge in [0.25, 0.3) is 0 Å². The van der Waals surface area contributed by atoms with E-state index in [-0.39, 0.29) is 5.41 Å². The molecule has 90 valence electrons. The van der Waals surface area contributed by atoms with E-state index in [0.717, 1.165) is 6.42 Å². The third kappa shape index (κ3) is 2.19. The molecule has 5 nitrogen and oxygen atoms in total. The van der Waals surface area contributed by atoms with E-state index in [1.165, 1.54) is 0 Å². The fraction of sp³-hybridized carbons (Fsp3) is 0.417. The van der Waals surface area contributed by atoms with Gasteiger partial charge in [0, 0.05) is 12.7 Å². The zero-order valence-corrected chi connectivity index (χ0v) is 10.1. The van der Waals surface area contributed by atoms with E-state index in [2.05, 4.69) is 22.0 Å². The molecule has 0 aromatic carbocycles.